The van der Waals surface area contributed by atoms with E-state index in [2.05, 4.69) is 20.5 Å². The molecule has 2 N–H and O–H groups in total. The van der Waals surface area contributed by atoms with Crippen molar-refractivity contribution in [3.05, 3.63) is 48.0 Å². The molecule has 3 rings (SSSR count). The van der Waals surface area contributed by atoms with E-state index in [9.17, 15) is 4.79 Å². The Bertz CT molecular complexity index is 906. The molecule has 3 aromatic rings. The smallest absolute Gasteiger partial charge is 0.250 e. The second kappa shape index (κ2) is 8.39. The number of hydrogen-bond acceptors (Lipinski definition) is 6. The molecule has 0 aliphatic rings. The standard InChI is InChI=1S/C18H18N4O3S/c1-24-15-8-7-12(9-16(15)25-2)10-19-22-17(23)11-26-18-20-13-5-3-4-6-14(13)21-18/h3-10H,11H2,1-2H3,(H,20,21)(H,22,23)/b19-10+. The highest BCUT2D eigenvalue weighted by molar-refractivity contribution is 7.99. The van der Waals surface area contributed by atoms with Gasteiger partial charge in [-0.2, -0.15) is 5.10 Å². The Morgan fingerprint density at radius 2 is 2.04 bits per heavy atom. The largest absolute Gasteiger partial charge is 0.493 e. The molecule has 0 atom stereocenters. The molecule has 1 aromatic heterocycles. The van der Waals surface area contributed by atoms with E-state index in [1.165, 1.54) is 11.8 Å². The Hall–Kier alpha value is -3.00. The zero-order valence-corrected chi connectivity index (χ0v) is 15.2. The lowest BCUT2D eigenvalue weighted by Gasteiger charge is -2.07. The van der Waals surface area contributed by atoms with Crippen molar-refractivity contribution in [2.75, 3.05) is 20.0 Å². The van der Waals surface area contributed by atoms with Crippen LogP contribution in [-0.4, -0.2) is 42.1 Å². The van der Waals surface area contributed by atoms with Crippen molar-refractivity contribution in [1.29, 1.82) is 0 Å². The van der Waals surface area contributed by atoms with Crippen molar-refractivity contribution < 1.29 is 14.3 Å². The minimum atomic E-state index is -0.216. The van der Waals surface area contributed by atoms with E-state index in [4.69, 9.17) is 9.47 Å². The van der Waals surface area contributed by atoms with Crippen molar-refractivity contribution in [1.82, 2.24) is 15.4 Å². The molecule has 7 nitrogen and oxygen atoms in total. The third kappa shape index (κ3) is 4.34. The monoisotopic (exact) mass is 370 g/mol. The van der Waals surface area contributed by atoms with Crippen molar-refractivity contribution in [3.8, 4) is 11.5 Å². The fourth-order valence-electron chi connectivity index (χ4n) is 2.28. The molecule has 0 spiro atoms. The number of H-pyrrole nitrogens is 1. The van der Waals surface area contributed by atoms with Crippen LogP contribution in [0, 0.1) is 0 Å². The molecular formula is C18H18N4O3S. The van der Waals surface area contributed by atoms with Crippen LogP contribution in [0.2, 0.25) is 0 Å². The summed E-state index contributed by atoms with van der Waals surface area (Å²) in [5.41, 5.74) is 5.11. The number of carbonyl (C=O) groups excluding carboxylic acids is 1. The first kappa shape index (κ1) is 17.8. The number of aromatic amines is 1. The van der Waals surface area contributed by atoms with Gasteiger partial charge in [0.2, 0.25) is 0 Å². The SMILES string of the molecule is COc1ccc(/C=N/NC(=O)CSc2nc3ccccc3[nH]2)cc1OC. The van der Waals surface area contributed by atoms with Gasteiger partial charge in [0.15, 0.2) is 16.7 Å². The number of nitrogens with one attached hydrogen (secondary N) is 2. The molecule has 134 valence electrons. The number of amides is 1. The first-order valence-corrected chi connectivity index (χ1v) is 8.79. The molecule has 0 fully saturated rings. The quantitative estimate of drug-likeness (QED) is 0.379. The number of ether oxygens (including phenoxy) is 2. The summed E-state index contributed by atoms with van der Waals surface area (Å²) in [6.45, 7) is 0. The second-order valence-corrected chi connectivity index (χ2v) is 6.22. The highest BCUT2D eigenvalue weighted by atomic mass is 32.2. The van der Waals surface area contributed by atoms with Crippen molar-refractivity contribution >= 4 is 34.9 Å². The lowest BCUT2D eigenvalue weighted by molar-refractivity contribution is -0.118. The van der Waals surface area contributed by atoms with Crippen LogP contribution in [-0.2, 0) is 4.79 Å². The van der Waals surface area contributed by atoms with Crippen molar-refractivity contribution in [2.45, 2.75) is 5.16 Å². The van der Waals surface area contributed by atoms with E-state index in [1.54, 1.807) is 32.6 Å². The molecule has 0 saturated carbocycles. The average molecular weight is 370 g/mol. The number of imidazole rings is 1. The maximum absolute atomic E-state index is 11.9. The summed E-state index contributed by atoms with van der Waals surface area (Å²) in [7, 11) is 3.14. The van der Waals surface area contributed by atoms with E-state index < -0.39 is 0 Å². The van der Waals surface area contributed by atoms with Crippen LogP contribution < -0.4 is 14.9 Å². The van der Waals surface area contributed by atoms with Crippen LogP contribution in [0.15, 0.2) is 52.7 Å². The number of benzene rings is 2. The predicted octanol–water partition coefficient (Wildman–Crippen LogP) is 2.82. The summed E-state index contributed by atoms with van der Waals surface area (Å²) in [5, 5.41) is 4.66. The van der Waals surface area contributed by atoms with E-state index in [0.29, 0.717) is 16.7 Å². The molecular weight excluding hydrogens is 352 g/mol. The Kier molecular flexibility index (Phi) is 5.75. The number of methoxy groups -OCH3 is 2. The van der Waals surface area contributed by atoms with Crippen LogP contribution in [0.5, 0.6) is 11.5 Å². The summed E-state index contributed by atoms with van der Waals surface area (Å²) in [6, 6.07) is 13.1. The number of nitrogens with zero attached hydrogens (tertiary/aromatic N) is 2. The minimum absolute atomic E-state index is 0.211. The first-order valence-electron chi connectivity index (χ1n) is 7.81. The van der Waals surface area contributed by atoms with Gasteiger partial charge >= 0.3 is 0 Å². The van der Waals surface area contributed by atoms with E-state index in [0.717, 1.165) is 16.6 Å². The third-order valence-corrected chi connectivity index (χ3v) is 4.39. The fourth-order valence-corrected chi connectivity index (χ4v) is 2.95. The molecule has 8 heteroatoms. The van der Waals surface area contributed by atoms with Gasteiger partial charge in [0.05, 0.1) is 37.2 Å². The fraction of sp³-hybridized carbons (Fsp3) is 0.167. The Morgan fingerprint density at radius 1 is 1.23 bits per heavy atom. The van der Waals surface area contributed by atoms with Crippen LogP contribution in [0.4, 0.5) is 0 Å². The number of aromatic nitrogens is 2. The van der Waals surface area contributed by atoms with Gasteiger partial charge in [-0.1, -0.05) is 23.9 Å². The summed E-state index contributed by atoms with van der Waals surface area (Å²) in [4.78, 5) is 19.5. The van der Waals surface area contributed by atoms with Crippen molar-refractivity contribution in [2.24, 2.45) is 5.10 Å². The van der Waals surface area contributed by atoms with Gasteiger partial charge in [0, 0.05) is 0 Å². The minimum Gasteiger partial charge on any atom is -0.493 e. The van der Waals surface area contributed by atoms with E-state index >= 15 is 0 Å². The molecule has 0 aliphatic carbocycles. The number of carbonyl (C=O) groups is 1. The topological polar surface area (TPSA) is 88.6 Å². The summed E-state index contributed by atoms with van der Waals surface area (Å²) >= 11 is 1.32. The van der Waals surface area contributed by atoms with E-state index in [-0.39, 0.29) is 11.7 Å². The van der Waals surface area contributed by atoms with Gasteiger partial charge in [-0.25, -0.2) is 10.4 Å². The zero-order chi connectivity index (χ0) is 18.4. The third-order valence-electron chi connectivity index (χ3n) is 3.52. The lowest BCUT2D eigenvalue weighted by Crippen LogP contribution is -2.19. The van der Waals surface area contributed by atoms with Gasteiger partial charge in [0.1, 0.15) is 0 Å². The Labute approximate surface area is 154 Å². The van der Waals surface area contributed by atoms with Gasteiger partial charge in [0.25, 0.3) is 5.91 Å². The highest BCUT2D eigenvalue weighted by Crippen LogP contribution is 2.26. The summed E-state index contributed by atoms with van der Waals surface area (Å²) in [5.74, 6) is 1.23. The van der Waals surface area contributed by atoms with Gasteiger partial charge < -0.3 is 14.5 Å². The van der Waals surface area contributed by atoms with Crippen LogP contribution in [0.25, 0.3) is 11.0 Å². The molecule has 26 heavy (non-hydrogen) atoms. The summed E-state index contributed by atoms with van der Waals surface area (Å²) in [6.07, 6.45) is 1.55. The highest BCUT2D eigenvalue weighted by Gasteiger charge is 2.06. The number of hydrazone groups is 1. The Balaban J connectivity index is 1.52. The molecule has 2 aromatic carbocycles. The second-order valence-electron chi connectivity index (χ2n) is 5.26. The lowest BCUT2D eigenvalue weighted by atomic mass is 10.2. The average Bonchev–Trinajstić information content (AvgIpc) is 3.09. The number of hydrogen-bond donors (Lipinski definition) is 2. The van der Waals surface area contributed by atoms with Gasteiger partial charge in [-0.05, 0) is 35.9 Å². The van der Waals surface area contributed by atoms with Crippen LogP contribution in [0.3, 0.4) is 0 Å². The molecule has 1 amide bonds. The van der Waals surface area contributed by atoms with Crippen molar-refractivity contribution in [3.63, 3.8) is 0 Å². The number of rotatable bonds is 7. The molecule has 0 unspecified atom stereocenters. The number of fused-ring (bicyclic) bond motifs is 1. The molecule has 0 radical (unpaired) electrons. The predicted molar refractivity (Wildman–Crippen MR) is 102 cm³/mol. The van der Waals surface area contributed by atoms with Gasteiger partial charge in [-0.15, -0.1) is 0 Å². The number of thioether (sulfide) groups is 1. The van der Waals surface area contributed by atoms with Gasteiger partial charge in [-0.3, -0.25) is 4.79 Å². The van der Waals surface area contributed by atoms with E-state index in [1.807, 2.05) is 30.3 Å². The maximum atomic E-state index is 11.9. The maximum Gasteiger partial charge on any atom is 0.250 e. The van der Waals surface area contributed by atoms with Crippen LogP contribution in [0.1, 0.15) is 5.56 Å². The molecule has 0 bridgehead atoms. The molecule has 0 saturated heterocycles. The van der Waals surface area contributed by atoms with Crippen LogP contribution >= 0.6 is 11.8 Å². The summed E-state index contributed by atoms with van der Waals surface area (Å²) < 4.78 is 10.4. The molecule has 0 aliphatic heterocycles. The normalized spacial score (nSPS) is 11.0. The zero-order valence-electron chi connectivity index (χ0n) is 14.4. The Morgan fingerprint density at radius 3 is 2.81 bits per heavy atom. The first-order chi connectivity index (χ1) is 12.7. The molecule has 1 heterocycles. The number of para-hydroxylation sites is 2.